The van der Waals surface area contributed by atoms with Crippen LogP contribution in [-0.4, -0.2) is 10.9 Å². The Morgan fingerprint density at radius 2 is 2.05 bits per heavy atom. The summed E-state index contributed by atoms with van der Waals surface area (Å²) in [5.41, 5.74) is 2.70. The number of hydrogen-bond donors (Lipinski definition) is 1. The Balaban J connectivity index is 1.85. The van der Waals surface area contributed by atoms with Gasteiger partial charge in [-0.15, -0.1) is 22.7 Å². The lowest BCUT2D eigenvalue weighted by Crippen LogP contribution is -2.11. The molecule has 106 valence electrons. The molecule has 21 heavy (non-hydrogen) atoms. The third-order valence-corrected chi connectivity index (χ3v) is 5.21. The van der Waals surface area contributed by atoms with Crippen LogP contribution in [0.15, 0.2) is 41.8 Å². The van der Waals surface area contributed by atoms with Crippen LogP contribution in [-0.2, 0) is 0 Å². The second kappa shape index (κ2) is 5.79. The summed E-state index contributed by atoms with van der Waals surface area (Å²) in [5, 5.41) is 5.85. The molecule has 0 fully saturated rings. The molecule has 2 heterocycles. The highest BCUT2D eigenvalue weighted by Gasteiger charge is 2.16. The van der Waals surface area contributed by atoms with E-state index in [0.717, 1.165) is 26.8 Å². The summed E-state index contributed by atoms with van der Waals surface area (Å²) < 4.78 is 0. The molecule has 0 atom stereocenters. The number of amides is 1. The molecule has 0 aliphatic rings. The largest absolute Gasteiger partial charge is 0.321 e. The zero-order valence-corrected chi connectivity index (χ0v) is 13.3. The second-order valence-electron chi connectivity index (χ2n) is 4.73. The highest BCUT2D eigenvalue weighted by molar-refractivity contribution is 7.22. The van der Waals surface area contributed by atoms with Gasteiger partial charge in [0.15, 0.2) is 0 Å². The summed E-state index contributed by atoms with van der Waals surface area (Å²) >= 11 is 3.07. The first-order valence-corrected chi connectivity index (χ1v) is 8.22. The van der Waals surface area contributed by atoms with Crippen molar-refractivity contribution >= 4 is 34.3 Å². The highest BCUT2D eigenvalue weighted by atomic mass is 32.1. The van der Waals surface area contributed by atoms with Crippen molar-refractivity contribution in [2.24, 2.45) is 0 Å². The van der Waals surface area contributed by atoms with Crippen LogP contribution in [0.5, 0.6) is 0 Å². The van der Waals surface area contributed by atoms with E-state index in [-0.39, 0.29) is 5.91 Å². The molecule has 2 aromatic heterocycles. The molecular formula is C16H14N2OS2. The molecule has 0 unspecified atom stereocenters. The molecule has 5 heteroatoms. The smallest absolute Gasteiger partial charge is 0.267 e. The maximum Gasteiger partial charge on any atom is 0.267 e. The number of carbonyl (C=O) groups excluding carboxylic acids is 1. The number of nitrogens with zero attached hydrogens (tertiary/aromatic N) is 1. The van der Waals surface area contributed by atoms with Gasteiger partial charge in [0, 0.05) is 5.69 Å². The third-order valence-electron chi connectivity index (χ3n) is 3.01. The predicted octanol–water partition coefficient (Wildman–Crippen LogP) is 4.74. The van der Waals surface area contributed by atoms with Crippen molar-refractivity contribution < 1.29 is 4.79 Å². The van der Waals surface area contributed by atoms with Crippen molar-refractivity contribution in [2.45, 2.75) is 13.8 Å². The van der Waals surface area contributed by atoms with Gasteiger partial charge < -0.3 is 5.32 Å². The maximum absolute atomic E-state index is 12.4. The number of aryl methyl sites for hydroxylation is 2. The zero-order chi connectivity index (χ0) is 14.8. The Kier molecular flexibility index (Phi) is 3.86. The topological polar surface area (TPSA) is 42.0 Å². The Bertz CT molecular complexity index is 775. The average Bonchev–Trinajstić information content (AvgIpc) is 3.07. The van der Waals surface area contributed by atoms with E-state index in [1.54, 1.807) is 11.3 Å². The lowest BCUT2D eigenvalue weighted by molar-refractivity contribution is 0.103. The number of rotatable bonds is 3. The summed E-state index contributed by atoms with van der Waals surface area (Å²) in [6.07, 6.45) is 0. The number of thiophene rings is 1. The van der Waals surface area contributed by atoms with Gasteiger partial charge in [-0.05, 0) is 43.0 Å². The lowest BCUT2D eigenvalue weighted by Gasteiger charge is -2.04. The number of nitrogens with one attached hydrogen (secondary N) is 1. The van der Waals surface area contributed by atoms with Crippen LogP contribution in [0.3, 0.4) is 0 Å². The van der Waals surface area contributed by atoms with Gasteiger partial charge in [0.25, 0.3) is 5.91 Å². The molecular weight excluding hydrogens is 300 g/mol. The Morgan fingerprint density at radius 3 is 2.76 bits per heavy atom. The van der Waals surface area contributed by atoms with E-state index in [4.69, 9.17) is 0 Å². The molecule has 0 aliphatic carbocycles. The molecule has 0 aliphatic heterocycles. The summed E-state index contributed by atoms with van der Waals surface area (Å²) in [7, 11) is 0. The third kappa shape index (κ3) is 3.04. The standard InChI is InChI=1S/C16H14N2OS2/c1-10-5-3-6-12(9-10)18-15(19)14-11(2)17-16(21-14)13-7-4-8-20-13/h3-9H,1-2H3,(H,18,19). The fourth-order valence-electron chi connectivity index (χ4n) is 2.02. The SMILES string of the molecule is Cc1cccc(NC(=O)c2sc(-c3cccs3)nc2C)c1. The van der Waals surface area contributed by atoms with Gasteiger partial charge in [0.05, 0.1) is 10.6 Å². The molecule has 1 aromatic carbocycles. The summed E-state index contributed by atoms with van der Waals surface area (Å²) in [4.78, 5) is 18.7. The van der Waals surface area contributed by atoms with E-state index < -0.39 is 0 Å². The first kappa shape index (κ1) is 14.0. The van der Waals surface area contributed by atoms with Crippen molar-refractivity contribution in [1.29, 1.82) is 0 Å². The van der Waals surface area contributed by atoms with Crippen LogP contribution >= 0.6 is 22.7 Å². The number of aromatic nitrogens is 1. The number of carbonyl (C=O) groups is 1. The van der Waals surface area contributed by atoms with Gasteiger partial charge in [-0.2, -0.15) is 0 Å². The van der Waals surface area contributed by atoms with Crippen molar-refractivity contribution in [1.82, 2.24) is 4.98 Å². The summed E-state index contributed by atoms with van der Waals surface area (Å²) in [5.74, 6) is -0.0987. The van der Waals surface area contributed by atoms with Crippen LogP contribution in [0, 0.1) is 13.8 Å². The van der Waals surface area contributed by atoms with Crippen molar-refractivity contribution in [3.63, 3.8) is 0 Å². The monoisotopic (exact) mass is 314 g/mol. The summed E-state index contributed by atoms with van der Waals surface area (Å²) in [6, 6.07) is 11.8. The number of thiazole rings is 1. The first-order valence-electron chi connectivity index (χ1n) is 6.53. The van der Waals surface area contributed by atoms with Crippen LogP contribution in [0.25, 0.3) is 9.88 Å². The van der Waals surface area contributed by atoms with E-state index in [1.807, 2.05) is 55.6 Å². The molecule has 0 radical (unpaired) electrons. The maximum atomic E-state index is 12.4. The predicted molar refractivity (Wildman–Crippen MR) is 89.3 cm³/mol. The molecule has 0 saturated carbocycles. The van der Waals surface area contributed by atoms with E-state index in [1.165, 1.54) is 11.3 Å². The van der Waals surface area contributed by atoms with Gasteiger partial charge in [-0.1, -0.05) is 18.2 Å². The van der Waals surface area contributed by atoms with Gasteiger partial charge in [-0.25, -0.2) is 4.98 Å². The van der Waals surface area contributed by atoms with E-state index in [9.17, 15) is 4.79 Å². The molecule has 0 spiro atoms. The number of anilines is 1. The molecule has 3 nitrogen and oxygen atoms in total. The molecule has 0 bridgehead atoms. The molecule has 1 amide bonds. The van der Waals surface area contributed by atoms with Crippen LogP contribution in [0.1, 0.15) is 20.9 Å². The molecule has 0 saturated heterocycles. The molecule has 3 aromatic rings. The summed E-state index contributed by atoms with van der Waals surface area (Å²) in [6.45, 7) is 3.88. The Morgan fingerprint density at radius 1 is 1.19 bits per heavy atom. The second-order valence-corrected chi connectivity index (χ2v) is 6.68. The fourth-order valence-corrected chi connectivity index (χ4v) is 3.78. The van der Waals surface area contributed by atoms with Crippen LogP contribution in [0.2, 0.25) is 0 Å². The fraction of sp³-hybridized carbons (Fsp3) is 0.125. The number of hydrogen-bond acceptors (Lipinski definition) is 4. The van der Waals surface area contributed by atoms with Crippen LogP contribution < -0.4 is 5.32 Å². The van der Waals surface area contributed by atoms with E-state index >= 15 is 0 Å². The minimum Gasteiger partial charge on any atom is -0.321 e. The van der Waals surface area contributed by atoms with E-state index in [2.05, 4.69) is 10.3 Å². The Hall–Kier alpha value is -1.98. The zero-order valence-electron chi connectivity index (χ0n) is 11.7. The van der Waals surface area contributed by atoms with Gasteiger partial charge in [0.2, 0.25) is 0 Å². The lowest BCUT2D eigenvalue weighted by atomic mass is 10.2. The quantitative estimate of drug-likeness (QED) is 0.758. The van der Waals surface area contributed by atoms with Crippen molar-refractivity contribution in [3.05, 3.63) is 57.9 Å². The number of benzene rings is 1. The van der Waals surface area contributed by atoms with Crippen molar-refractivity contribution in [2.75, 3.05) is 5.32 Å². The first-order chi connectivity index (χ1) is 10.1. The average molecular weight is 314 g/mol. The van der Waals surface area contributed by atoms with E-state index in [0.29, 0.717) is 4.88 Å². The normalized spacial score (nSPS) is 10.6. The minimum absolute atomic E-state index is 0.0987. The molecule has 1 N–H and O–H groups in total. The molecule has 3 rings (SSSR count). The minimum atomic E-state index is -0.0987. The van der Waals surface area contributed by atoms with Crippen molar-refractivity contribution in [3.8, 4) is 9.88 Å². The van der Waals surface area contributed by atoms with Gasteiger partial charge in [-0.3, -0.25) is 4.79 Å². The van der Waals surface area contributed by atoms with Gasteiger partial charge in [0.1, 0.15) is 9.88 Å². The Labute approximate surface area is 131 Å². The van der Waals surface area contributed by atoms with Crippen LogP contribution in [0.4, 0.5) is 5.69 Å². The highest BCUT2D eigenvalue weighted by Crippen LogP contribution is 2.31. The van der Waals surface area contributed by atoms with Gasteiger partial charge >= 0.3 is 0 Å².